The molecule has 2 aromatic rings. The first kappa shape index (κ1) is 14.0. The summed E-state index contributed by atoms with van der Waals surface area (Å²) in [6.45, 7) is 10.1. The Labute approximate surface area is 128 Å². The summed E-state index contributed by atoms with van der Waals surface area (Å²) in [6.07, 6.45) is 2.53. The number of aliphatic imine (C=N–C) groups is 1. The van der Waals surface area contributed by atoms with E-state index < -0.39 is 0 Å². The van der Waals surface area contributed by atoms with Gasteiger partial charge in [-0.05, 0) is 26.8 Å². The van der Waals surface area contributed by atoms with Crippen molar-refractivity contribution in [2.24, 2.45) is 10.7 Å². The largest absolute Gasteiger partial charge is 0.343 e. The molecule has 0 unspecified atom stereocenters. The molecule has 0 saturated carbocycles. The molecule has 4 N–H and O–H groups in total. The molecule has 0 fully saturated rings. The predicted octanol–water partition coefficient (Wildman–Crippen LogP) is 3.18. The summed E-state index contributed by atoms with van der Waals surface area (Å²) in [5.74, 6) is 0.869. The van der Waals surface area contributed by atoms with Crippen molar-refractivity contribution in [3.8, 4) is 10.4 Å². The molecule has 1 aliphatic rings. The van der Waals surface area contributed by atoms with Crippen molar-refractivity contribution < 1.29 is 0 Å². The highest BCUT2D eigenvalue weighted by atomic mass is 32.1. The van der Waals surface area contributed by atoms with Gasteiger partial charge in [0.2, 0.25) is 0 Å². The summed E-state index contributed by atoms with van der Waals surface area (Å²) < 4.78 is 0. The lowest BCUT2D eigenvalue weighted by Crippen LogP contribution is -2.39. The molecule has 21 heavy (non-hydrogen) atoms. The number of nitrogens with two attached hydrogens (primary N) is 1. The van der Waals surface area contributed by atoms with Gasteiger partial charge in [0.1, 0.15) is 5.84 Å². The Morgan fingerprint density at radius 3 is 2.81 bits per heavy atom. The van der Waals surface area contributed by atoms with E-state index in [-0.39, 0.29) is 5.54 Å². The van der Waals surface area contributed by atoms with Crippen LogP contribution in [0.15, 0.2) is 23.8 Å². The molecular formula is C15H19N5S. The van der Waals surface area contributed by atoms with E-state index in [1.807, 2.05) is 27.0 Å². The third-order valence-electron chi connectivity index (χ3n) is 3.26. The number of thiophene rings is 1. The maximum atomic E-state index is 6.07. The van der Waals surface area contributed by atoms with Gasteiger partial charge in [-0.15, -0.1) is 11.3 Å². The first-order valence-corrected chi connectivity index (χ1v) is 7.62. The van der Waals surface area contributed by atoms with Gasteiger partial charge < -0.3 is 11.1 Å². The minimum absolute atomic E-state index is 0.302. The smallest absolute Gasteiger partial charge is 0.108 e. The fourth-order valence-electron chi connectivity index (χ4n) is 2.33. The van der Waals surface area contributed by atoms with Gasteiger partial charge >= 0.3 is 0 Å². The van der Waals surface area contributed by atoms with Crippen molar-refractivity contribution in [3.63, 3.8) is 0 Å². The summed E-state index contributed by atoms with van der Waals surface area (Å²) in [7, 11) is 0. The first-order valence-electron chi connectivity index (χ1n) is 6.80. The molecule has 0 amide bonds. The molecule has 1 aliphatic heterocycles. The van der Waals surface area contributed by atoms with Crippen molar-refractivity contribution in [3.05, 3.63) is 29.4 Å². The topological polar surface area (TPSA) is 79.1 Å². The monoisotopic (exact) mass is 301 g/mol. The fraction of sp³-hybridized carbons (Fsp3) is 0.333. The second kappa shape index (κ2) is 4.82. The number of aromatic amines is 1. The number of H-pyrrole nitrogens is 1. The van der Waals surface area contributed by atoms with E-state index in [9.17, 15) is 0 Å². The van der Waals surface area contributed by atoms with E-state index in [1.165, 1.54) is 0 Å². The Kier molecular flexibility index (Phi) is 3.22. The average molecular weight is 301 g/mol. The average Bonchev–Trinajstić information content (AvgIpc) is 2.92. The number of nitrogens with zero attached hydrogens (tertiary/aromatic N) is 2. The molecule has 0 radical (unpaired) electrons. The molecule has 0 saturated heterocycles. The molecule has 3 heterocycles. The van der Waals surface area contributed by atoms with Crippen molar-refractivity contribution >= 4 is 28.6 Å². The number of aromatic nitrogens is 2. The standard InChI is InChI=1S/C15H19N5S/c1-8-10(7-17-20-8)12-5-11-14(21-12)9(2)18-13(19-11)6-15(3,4)16/h5,7H,2,6,16H2,1,3-4H3,(H,17,20)(H,18,19). The molecule has 0 bridgehead atoms. The van der Waals surface area contributed by atoms with E-state index in [0.717, 1.165) is 38.2 Å². The zero-order valence-electron chi connectivity index (χ0n) is 12.4. The van der Waals surface area contributed by atoms with Gasteiger partial charge in [-0.25, -0.2) is 4.99 Å². The van der Waals surface area contributed by atoms with Crippen LogP contribution in [-0.2, 0) is 0 Å². The molecule has 5 nitrogen and oxygen atoms in total. The maximum Gasteiger partial charge on any atom is 0.108 e. The zero-order chi connectivity index (χ0) is 15.2. The van der Waals surface area contributed by atoms with Crippen molar-refractivity contribution in [2.75, 3.05) is 0 Å². The van der Waals surface area contributed by atoms with E-state index in [4.69, 9.17) is 5.73 Å². The van der Waals surface area contributed by atoms with E-state index in [2.05, 4.69) is 33.2 Å². The minimum atomic E-state index is -0.302. The number of hydrogen-bond acceptors (Lipinski definition) is 5. The van der Waals surface area contributed by atoms with Gasteiger partial charge in [-0.2, -0.15) is 5.10 Å². The van der Waals surface area contributed by atoms with Crippen LogP contribution in [0.4, 0.5) is 5.69 Å². The lowest BCUT2D eigenvalue weighted by Gasteiger charge is -2.23. The van der Waals surface area contributed by atoms with Crippen LogP contribution >= 0.6 is 11.3 Å². The van der Waals surface area contributed by atoms with Gasteiger partial charge in [0.25, 0.3) is 0 Å². The van der Waals surface area contributed by atoms with Crippen LogP contribution in [0, 0.1) is 6.92 Å². The molecule has 3 rings (SSSR count). The van der Waals surface area contributed by atoms with Gasteiger partial charge in [-0.1, -0.05) is 6.58 Å². The van der Waals surface area contributed by atoms with Crippen molar-refractivity contribution in [1.82, 2.24) is 15.5 Å². The molecule has 6 heteroatoms. The molecule has 0 aliphatic carbocycles. The summed E-state index contributed by atoms with van der Waals surface area (Å²) in [5.41, 5.74) is 9.78. The highest BCUT2D eigenvalue weighted by Crippen LogP contribution is 2.41. The number of rotatable bonds is 3. The second-order valence-corrected chi connectivity index (χ2v) is 7.11. The van der Waals surface area contributed by atoms with Crippen LogP contribution in [0.25, 0.3) is 16.1 Å². The molecule has 110 valence electrons. The highest BCUT2D eigenvalue weighted by Gasteiger charge is 2.23. The predicted molar refractivity (Wildman–Crippen MR) is 88.8 cm³/mol. The molecule has 0 atom stereocenters. The maximum absolute atomic E-state index is 6.07. The summed E-state index contributed by atoms with van der Waals surface area (Å²) >= 11 is 1.67. The first-order chi connectivity index (χ1) is 9.83. The Balaban J connectivity index is 1.99. The molecule has 2 aromatic heterocycles. The van der Waals surface area contributed by atoms with Crippen LogP contribution in [0.3, 0.4) is 0 Å². The minimum Gasteiger partial charge on any atom is -0.343 e. The van der Waals surface area contributed by atoms with Crippen LogP contribution < -0.4 is 11.1 Å². The van der Waals surface area contributed by atoms with Crippen LogP contribution in [0.2, 0.25) is 0 Å². The van der Waals surface area contributed by atoms with Gasteiger partial charge in [-0.3, -0.25) is 5.10 Å². The number of hydrogen-bond donors (Lipinski definition) is 3. The Hall–Kier alpha value is -1.92. The normalized spacial score (nSPS) is 14.7. The lowest BCUT2D eigenvalue weighted by atomic mass is 10.0. The van der Waals surface area contributed by atoms with Crippen LogP contribution in [0.5, 0.6) is 0 Å². The number of aryl methyl sites for hydroxylation is 1. The SMILES string of the molecule is C=C1NC(CC(C)(C)N)=Nc2cc(-c3cn[nH]c3C)sc21. The summed E-state index contributed by atoms with van der Waals surface area (Å²) in [5, 5.41) is 10.3. The molecule has 0 spiro atoms. The quantitative estimate of drug-likeness (QED) is 0.814. The summed E-state index contributed by atoms with van der Waals surface area (Å²) in [4.78, 5) is 6.90. The van der Waals surface area contributed by atoms with Gasteiger partial charge in [0.05, 0.1) is 22.5 Å². The zero-order valence-corrected chi connectivity index (χ0v) is 13.3. The van der Waals surface area contributed by atoms with Crippen molar-refractivity contribution in [2.45, 2.75) is 32.7 Å². The van der Waals surface area contributed by atoms with Crippen molar-refractivity contribution in [1.29, 1.82) is 0 Å². The number of amidine groups is 1. The number of nitrogens with one attached hydrogen (secondary N) is 2. The number of fused-ring (bicyclic) bond motifs is 1. The lowest BCUT2D eigenvalue weighted by molar-refractivity contribution is 0.538. The fourth-order valence-corrected chi connectivity index (χ4v) is 3.42. The van der Waals surface area contributed by atoms with E-state index in [1.54, 1.807) is 11.3 Å². The van der Waals surface area contributed by atoms with Gasteiger partial charge in [0.15, 0.2) is 0 Å². The van der Waals surface area contributed by atoms with E-state index >= 15 is 0 Å². The van der Waals surface area contributed by atoms with Gasteiger partial charge in [0, 0.05) is 28.1 Å². The summed E-state index contributed by atoms with van der Waals surface area (Å²) in [6, 6.07) is 2.09. The second-order valence-electron chi connectivity index (χ2n) is 6.06. The molecule has 0 aromatic carbocycles. The van der Waals surface area contributed by atoms with E-state index in [0.29, 0.717) is 6.42 Å². The Morgan fingerprint density at radius 2 is 2.19 bits per heavy atom. The van der Waals surface area contributed by atoms with Crippen LogP contribution in [0.1, 0.15) is 30.8 Å². The highest BCUT2D eigenvalue weighted by molar-refractivity contribution is 7.17. The Morgan fingerprint density at radius 1 is 1.43 bits per heavy atom. The Bertz CT molecular complexity index is 730. The molecular weight excluding hydrogens is 282 g/mol. The third kappa shape index (κ3) is 2.77. The third-order valence-corrected chi connectivity index (χ3v) is 4.47. The van der Waals surface area contributed by atoms with Crippen LogP contribution in [-0.4, -0.2) is 21.6 Å².